The Balaban J connectivity index is 1.75. The van der Waals surface area contributed by atoms with Gasteiger partial charge in [0.15, 0.2) is 0 Å². The van der Waals surface area contributed by atoms with Crippen molar-refractivity contribution in [3.05, 3.63) is 12.7 Å². The van der Waals surface area contributed by atoms with Gasteiger partial charge in [0.05, 0.1) is 12.7 Å². The van der Waals surface area contributed by atoms with Gasteiger partial charge in [-0.25, -0.2) is 0 Å². The zero-order chi connectivity index (χ0) is 15.2. The molecule has 21 heavy (non-hydrogen) atoms. The standard InChI is InChI=1S/C16H28N2O3/c1-3-4-12-21-13(2)16(20)18-10-8-17(9-11-18)14-6-5-7-15(14)19/h3,13-15,19H,1,4-12H2,2H3/t13-,14+,15+/m1/s1. The predicted molar refractivity (Wildman–Crippen MR) is 82.0 cm³/mol. The number of nitrogens with zero attached hydrogens (tertiary/aromatic N) is 2. The molecule has 5 nitrogen and oxygen atoms in total. The van der Waals surface area contributed by atoms with Crippen LogP contribution in [-0.4, -0.2) is 71.8 Å². The highest BCUT2D eigenvalue weighted by Crippen LogP contribution is 2.25. The van der Waals surface area contributed by atoms with Gasteiger partial charge in [-0.05, 0) is 32.6 Å². The monoisotopic (exact) mass is 296 g/mol. The maximum atomic E-state index is 12.3. The van der Waals surface area contributed by atoms with Gasteiger partial charge >= 0.3 is 0 Å². The molecule has 0 bridgehead atoms. The fourth-order valence-corrected chi connectivity index (χ4v) is 3.28. The van der Waals surface area contributed by atoms with Crippen molar-refractivity contribution in [2.75, 3.05) is 32.8 Å². The van der Waals surface area contributed by atoms with Crippen molar-refractivity contribution in [1.29, 1.82) is 0 Å². The lowest BCUT2D eigenvalue weighted by atomic mass is 10.1. The molecule has 0 aromatic carbocycles. The lowest BCUT2D eigenvalue weighted by Gasteiger charge is -2.39. The van der Waals surface area contributed by atoms with Crippen LogP contribution in [0.5, 0.6) is 0 Å². The van der Waals surface area contributed by atoms with Crippen molar-refractivity contribution in [3.8, 4) is 0 Å². The van der Waals surface area contributed by atoms with Gasteiger partial charge in [0.1, 0.15) is 6.10 Å². The van der Waals surface area contributed by atoms with E-state index < -0.39 is 0 Å². The summed E-state index contributed by atoms with van der Waals surface area (Å²) in [7, 11) is 0. The van der Waals surface area contributed by atoms with Crippen LogP contribution in [-0.2, 0) is 9.53 Å². The van der Waals surface area contributed by atoms with Crippen LogP contribution >= 0.6 is 0 Å². The maximum Gasteiger partial charge on any atom is 0.251 e. The average molecular weight is 296 g/mol. The number of aliphatic hydroxyl groups is 1. The highest BCUT2D eigenvalue weighted by Gasteiger charge is 2.34. The molecule has 0 unspecified atom stereocenters. The highest BCUT2D eigenvalue weighted by atomic mass is 16.5. The Morgan fingerprint density at radius 2 is 2.10 bits per heavy atom. The number of ether oxygens (including phenoxy) is 1. The topological polar surface area (TPSA) is 53.0 Å². The largest absolute Gasteiger partial charge is 0.391 e. The molecule has 5 heteroatoms. The summed E-state index contributed by atoms with van der Waals surface area (Å²) in [4.78, 5) is 16.5. The average Bonchev–Trinajstić information content (AvgIpc) is 2.93. The summed E-state index contributed by atoms with van der Waals surface area (Å²) in [5.74, 6) is 0.0747. The fourth-order valence-electron chi connectivity index (χ4n) is 3.28. The predicted octanol–water partition coefficient (Wildman–Crippen LogP) is 1.03. The first-order valence-electron chi connectivity index (χ1n) is 8.07. The fraction of sp³-hybridized carbons (Fsp3) is 0.812. The zero-order valence-corrected chi connectivity index (χ0v) is 13.0. The number of hydrogen-bond acceptors (Lipinski definition) is 4. The highest BCUT2D eigenvalue weighted by molar-refractivity contribution is 5.80. The molecule has 0 radical (unpaired) electrons. The number of carbonyl (C=O) groups excluding carboxylic acids is 1. The third kappa shape index (κ3) is 4.28. The van der Waals surface area contributed by atoms with Crippen molar-refractivity contribution >= 4 is 5.91 Å². The number of rotatable bonds is 6. The SMILES string of the molecule is C=CCCO[C@H](C)C(=O)N1CCN([C@H]2CCC[C@@H]2O)CC1. The number of piperazine rings is 1. The van der Waals surface area contributed by atoms with Crippen LogP contribution in [0.25, 0.3) is 0 Å². The lowest BCUT2D eigenvalue weighted by molar-refractivity contribution is -0.144. The van der Waals surface area contributed by atoms with Gasteiger partial charge in [-0.15, -0.1) is 6.58 Å². The molecule has 3 atom stereocenters. The van der Waals surface area contributed by atoms with E-state index in [1.54, 1.807) is 6.08 Å². The van der Waals surface area contributed by atoms with E-state index in [-0.39, 0.29) is 18.1 Å². The molecule has 1 heterocycles. The van der Waals surface area contributed by atoms with Crippen molar-refractivity contribution in [1.82, 2.24) is 9.80 Å². The van der Waals surface area contributed by atoms with Gasteiger partial charge in [0, 0.05) is 32.2 Å². The van der Waals surface area contributed by atoms with Crippen LogP contribution in [0.1, 0.15) is 32.6 Å². The minimum absolute atomic E-state index is 0.0747. The molecular formula is C16H28N2O3. The van der Waals surface area contributed by atoms with Crippen LogP contribution in [0.2, 0.25) is 0 Å². The van der Waals surface area contributed by atoms with Crippen molar-refractivity contribution in [2.24, 2.45) is 0 Å². The number of carbonyl (C=O) groups is 1. The molecule has 1 aliphatic heterocycles. The molecule has 1 saturated heterocycles. The summed E-state index contributed by atoms with van der Waals surface area (Å²) in [6, 6.07) is 0.295. The Hall–Kier alpha value is -0.910. The molecule has 1 aliphatic carbocycles. The van der Waals surface area contributed by atoms with Crippen LogP contribution in [0.4, 0.5) is 0 Å². The summed E-state index contributed by atoms with van der Waals surface area (Å²) in [5, 5.41) is 9.97. The van der Waals surface area contributed by atoms with E-state index in [1.165, 1.54) is 0 Å². The maximum absolute atomic E-state index is 12.3. The number of amides is 1. The van der Waals surface area contributed by atoms with Gasteiger partial charge in [-0.1, -0.05) is 6.08 Å². The van der Waals surface area contributed by atoms with Gasteiger partial charge in [-0.2, -0.15) is 0 Å². The molecule has 1 amide bonds. The lowest BCUT2D eigenvalue weighted by Crippen LogP contribution is -2.55. The molecule has 2 aliphatic rings. The van der Waals surface area contributed by atoms with E-state index in [0.717, 1.165) is 51.9 Å². The van der Waals surface area contributed by atoms with Crippen LogP contribution in [0, 0.1) is 0 Å². The smallest absolute Gasteiger partial charge is 0.251 e. The molecule has 0 spiro atoms. The third-order valence-electron chi connectivity index (χ3n) is 4.58. The van der Waals surface area contributed by atoms with Gasteiger partial charge in [0.25, 0.3) is 5.91 Å². The first kappa shape index (κ1) is 16.5. The van der Waals surface area contributed by atoms with E-state index >= 15 is 0 Å². The van der Waals surface area contributed by atoms with Gasteiger partial charge in [-0.3, -0.25) is 9.69 Å². The van der Waals surface area contributed by atoms with Crippen molar-refractivity contribution in [2.45, 2.75) is 50.9 Å². The molecule has 1 N–H and O–H groups in total. The van der Waals surface area contributed by atoms with Gasteiger partial charge in [0.2, 0.25) is 0 Å². The molecule has 2 rings (SSSR count). The molecule has 0 aromatic heterocycles. The molecule has 1 saturated carbocycles. The van der Waals surface area contributed by atoms with Crippen LogP contribution in [0.3, 0.4) is 0 Å². The van der Waals surface area contributed by atoms with Gasteiger partial charge < -0.3 is 14.7 Å². The van der Waals surface area contributed by atoms with Crippen molar-refractivity contribution in [3.63, 3.8) is 0 Å². The Kier molecular flexibility index (Phi) is 6.21. The molecule has 120 valence electrons. The van der Waals surface area contributed by atoms with Crippen LogP contribution < -0.4 is 0 Å². The first-order valence-corrected chi connectivity index (χ1v) is 8.07. The molecule has 0 aromatic rings. The minimum atomic E-state index is -0.381. The molecule has 2 fully saturated rings. The van der Waals surface area contributed by atoms with Crippen molar-refractivity contribution < 1.29 is 14.6 Å². The second-order valence-corrected chi connectivity index (χ2v) is 6.02. The third-order valence-corrected chi connectivity index (χ3v) is 4.58. The van der Waals surface area contributed by atoms with Crippen LogP contribution in [0.15, 0.2) is 12.7 Å². The summed E-state index contributed by atoms with van der Waals surface area (Å²) >= 11 is 0. The van der Waals surface area contributed by atoms with E-state index in [1.807, 2.05) is 11.8 Å². The number of hydrogen-bond donors (Lipinski definition) is 1. The Labute approximate surface area is 127 Å². The second kappa shape index (κ2) is 7.92. The van der Waals surface area contributed by atoms with E-state index in [2.05, 4.69) is 11.5 Å². The summed E-state index contributed by atoms with van der Waals surface area (Å²) < 4.78 is 5.53. The van der Waals surface area contributed by atoms with E-state index in [0.29, 0.717) is 12.6 Å². The Morgan fingerprint density at radius 3 is 2.67 bits per heavy atom. The number of aliphatic hydroxyl groups excluding tert-OH is 1. The summed E-state index contributed by atoms with van der Waals surface area (Å²) in [6.45, 7) is 9.18. The summed E-state index contributed by atoms with van der Waals surface area (Å²) in [5.41, 5.74) is 0. The molecular weight excluding hydrogens is 268 g/mol. The zero-order valence-electron chi connectivity index (χ0n) is 13.0. The van der Waals surface area contributed by atoms with E-state index in [9.17, 15) is 9.90 Å². The second-order valence-electron chi connectivity index (χ2n) is 6.02. The minimum Gasteiger partial charge on any atom is -0.391 e. The normalized spacial score (nSPS) is 28.6. The first-order chi connectivity index (χ1) is 10.1. The summed E-state index contributed by atoms with van der Waals surface area (Å²) in [6.07, 6.45) is 5.10. The quantitative estimate of drug-likeness (QED) is 0.587. The van der Waals surface area contributed by atoms with E-state index in [4.69, 9.17) is 4.74 Å². The Bertz CT molecular complexity index is 353. The Morgan fingerprint density at radius 1 is 1.38 bits per heavy atom.